The van der Waals surface area contributed by atoms with Crippen LogP contribution in [-0.4, -0.2) is 42.9 Å². The maximum absolute atomic E-state index is 11.8. The largest absolute Gasteiger partial charge is 0.349 e. The first kappa shape index (κ1) is 18.2. The molecular weight excluding hydrogens is 266 g/mol. The molecule has 0 aromatic carbocycles. The molecule has 2 amide bonds. The van der Waals surface area contributed by atoms with Crippen LogP contribution in [0.5, 0.6) is 0 Å². The molecule has 19 heavy (non-hydrogen) atoms. The van der Waals surface area contributed by atoms with Gasteiger partial charge in [0.1, 0.15) is 0 Å². The van der Waals surface area contributed by atoms with Gasteiger partial charge in [0.05, 0.1) is 5.54 Å². The summed E-state index contributed by atoms with van der Waals surface area (Å²) in [6, 6.07) is 0. The molecule has 0 saturated heterocycles. The minimum absolute atomic E-state index is 0. The second-order valence-corrected chi connectivity index (χ2v) is 5.59. The summed E-state index contributed by atoms with van der Waals surface area (Å²) in [6.07, 6.45) is 3.69. The Morgan fingerprint density at radius 2 is 1.89 bits per heavy atom. The molecule has 1 saturated carbocycles. The highest BCUT2D eigenvalue weighted by atomic mass is 35.5. The highest BCUT2D eigenvalue weighted by molar-refractivity contribution is 5.85. The van der Waals surface area contributed by atoms with Crippen molar-refractivity contribution in [3.05, 3.63) is 0 Å². The third-order valence-corrected chi connectivity index (χ3v) is 3.62. The highest BCUT2D eigenvalue weighted by Gasteiger charge is 2.41. The number of hydrogen-bond acceptors (Lipinski definition) is 3. The summed E-state index contributed by atoms with van der Waals surface area (Å²) in [5.74, 6) is 0.586. The Labute approximate surface area is 121 Å². The van der Waals surface area contributed by atoms with Crippen molar-refractivity contribution < 1.29 is 9.59 Å². The number of carbonyl (C=O) groups is 2. The van der Waals surface area contributed by atoms with Gasteiger partial charge in [-0.2, -0.15) is 0 Å². The summed E-state index contributed by atoms with van der Waals surface area (Å²) < 4.78 is 0. The van der Waals surface area contributed by atoms with Gasteiger partial charge in [0.2, 0.25) is 11.8 Å². The molecule has 1 aliphatic rings. The fraction of sp³-hybridized carbons (Fsp3) is 0.846. The Morgan fingerprint density at radius 3 is 2.32 bits per heavy atom. The van der Waals surface area contributed by atoms with Gasteiger partial charge in [0.25, 0.3) is 0 Å². The first-order chi connectivity index (χ1) is 8.39. The number of hydrogen-bond donors (Lipinski definition) is 2. The molecule has 6 heteroatoms. The van der Waals surface area contributed by atoms with Gasteiger partial charge in [-0.3, -0.25) is 9.59 Å². The van der Waals surface area contributed by atoms with E-state index in [4.69, 9.17) is 5.73 Å². The molecule has 0 bridgehead atoms. The maximum atomic E-state index is 11.8. The average Bonchev–Trinajstić information content (AvgIpc) is 3.12. The van der Waals surface area contributed by atoms with E-state index in [1.165, 1.54) is 0 Å². The molecule has 1 atom stereocenters. The van der Waals surface area contributed by atoms with Crippen LogP contribution in [0.15, 0.2) is 0 Å². The third kappa shape index (κ3) is 5.78. The van der Waals surface area contributed by atoms with Crippen LogP contribution in [-0.2, 0) is 9.59 Å². The van der Waals surface area contributed by atoms with Gasteiger partial charge in [-0.25, -0.2) is 0 Å². The summed E-state index contributed by atoms with van der Waals surface area (Å²) in [5.41, 5.74) is 5.48. The van der Waals surface area contributed by atoms with E-state index >= 15 is 0 Å². The van der Waals surface area contributed by atoms with E-state index in [1.54, 1.807) is 19.0 Å². The lowest BCUT2D eigenvalue weighted by Gasteiger charge is -2.29. The van der Waals surface area contributed by atoms with Crippen molar-refractivity contribution in [2.75, 3.05) is 20.6 Å². The van der Waals surface area contributed by atoms with E-state index in [1.807, 2.05) is 6.92 Å². The molecule has 1 unspecified atom stereocenters. The standard InChI is InChI=1S/C13H25N3O2.ClH/c1-13(9-14,10-7-8-10)15-11(17)5-4-6-12(18)16(2)3;/h10H,4-9,14H2,1-3H3,(H,15,17);1H. The van der Waals surface area contributed by atoms with E-state index in [2.05, 4.69) is 5.32 Å². The number of nitrogens with zero attached hydrogens (tertiary/aromatic N) is 1. The van der Waals surface area contributed by atoms with Crippen molar-refractivity contribution in [3.8, 4) is 0 Å². The number of amides is 2. The third-order valence-electron chi connectivity index (χ3n) is 3.62. The zero-order chi connectivity index (χ0) is 13.8. The number of halogens is 1. The minimum atomic E-state index is -0.261. The first-order valence-electron chi connectivity index (χ1n) is 6.60. The number of nitrogens with two attached hydrogens (primary N) is 1. The van der Waals surface area contributed by atoms with Gasteiger partial charge >= 0.3 is 0 Å². The van der Waals surface area contributed by atoms with Crippen molar-refractivity contribution in [3.63, 3.8) is 0 Å². The molecule has 112 valence electrons. The number of carbonyl (C=O) groups excluding carboxylic acids is 2. The van der Waals surface area contributed by atoms with Crippen LogP contribution in [0.4, 0.5) is 0 Å². The quantitative estimate of drug-likeness (QED) is 0.732. The van der Waals surface area contributed by atoms with Crippen LogP contribution in [0, 0.1) is 5.92 Å². The van der Waals surface area contributed by atoms with Crippen LogP contribution in [0.1, 0.15) is 39.0 Å². The van der Waals surface area contributed by atoms with Crippen molar-refractivity contribution >= 4 is 24.2 Å². The second-order valence-electron chi connectivity index (χ2n) is 5.59. The maximum Gasteiger partial charge on any atom is 0.222 e. The molecule has 0 spiro atoms. The molecule has 1 aliphatic carbocycles. The molecule has 0 radical (unpaired) electrons. The van der Waals surface area contributed by atoms with E-state index in [-0.39, 0.29) is 29.8 Å². The topological polar surface area (TPSA) is 75.4 Å². The van der Waals surface area contributed by atoms with Gasteiger partial charge < -0.3 is 16.0 Å². The number of nitrogens with one attached hydrogen (secondary N) is 1. The Hall–Kier alpha value is -0.810. The zero-order valence-corrected chi connectivity index (χ0v) is 12.9. The minimum Gasteiger partial charge on any atom is -0.349 e. The summed E-state index contributed by atoms with van der Waals surface area (Å²) in [6.45, 7) is 2.48. The van der Waals surface area contributed by atoms with Crippen molar-refractivity contribution in [1.82, 2.24) is 10.2 Å². The van der Waals surface area contributed by atoms with E-state index in [9.17, 15) is 9.59 Å². The lowest BCUT2D eigenvalue weighted by Crippen LogP contribution is -2.53. The Bertz CT molecular complexity index is 319. The lowest BCUT2D eigenvalue weighted by molar-refractivity contribution is -0.129. The molecule has 0 aromatic rings. The van der Waals surface area contributed by atoms with Gasteiger partial charge in [0, 0.05) is 33.5 Å². The van der Waals surface area contributed by atoms with E-state index in [0.29, 0.717) is 31.7 Å². The summed E-state index contributed by atoms with van der Waals surface area (Å²) in [7, 11) is 3.45. The predicted octanol–water partition coefficient (Wildman–Crippen LogP) is 0.910. The monoisotopic (exact) mass is 291 g/mol. The summed E-state index contributed by atoms with van der Waals surface area (Å²) >= 11 is 0. The molecule has 5 nitrogen and oxygen atoms in total. The van der Waals surface area contributed by atoms with Gasteiger partial charge in [0.15, 0.2) is 0 Å². The van der Waals surface area contributed by atoms with Crippen molar-refractivity contribution in [2.24, 2.45) is 11.7 Å². The molecule has 3 N–H and O–H groups in total. The molecule has 0 aliphatic heterocycles. The summed E-state index contributed by atoms with van der Waals surface area (Å²) in [5, 5.41) is 3.02. The summed E-state index contributed by atoms with van der Waals surface area (Å²) in [4.78, 5) is 24.7. The SMILES string of the molecule is CN(C)C(=O)CCCC(=O)NC(C)(CN)C1CC1.Cl. The lowest BCUT2D eigenvalue weighted by atomic mass is 9.95. The predicted molar refractivity (Wildman–Crippen MR) is 78.1 cm³/mol. The van der Waals surface area contributed by atoms with Crippen LogP contribution in [0.2, 0.25) is 0 Å². The molecule has 0 aromatic heterocycles. The van der Waals surface area contributed by atoms with Crippen molar-refractivity contribution in [2.45, 2.75) is 44.6 Å². The molecule has 1 fully saturated rings. The normalized spacial score (nSPS) is 17.1. The van der Waals surface area contributed by atoms with Gasteiger partial charge in [-0.1, -0.05) is 0 Å². The Kier molecular flexibility index (Phi) is 7.37. The van der Waals surface area contributed by atoms with E-state index < -0.39 is 0 Å². The van der Waals surface area contributed by atoms with E-state index in [0.717, 1.165) is 12.8 Å². The molecule has 1 rings (SSSR count). The Morgan fingerprint density at radius 1 is 1.32 bits per heavy atom. The van der Waals surface area contributed by atoms with Gasteiger partial charge in [-0.05, 0) is 32.1 Å². The molecule has 0 heterocycles. The molecular formula is C13H26ClN3O2. The first-order valence-corrected chi connectivity index (χ1v) is 6.60. The van der Waals surface area contributed by atoms with Crippen LogP contribution >= 0.6 is 12.4 Å². The zero-order valence-electron chi connectivity index (χ0n) is 12.1. The fourth-order valence-electron chi connectivity index (χ4n) is 2.05. The highest BCUT2D eigenvalue weighted by Crippen LogP contribution is 2.38. The van der Waals surface area contributed by atoms with Crippen LogP contribution in [0.25, 0.3) is 0 Å². The Balaban J connectivity index is 0.00000324. The van der Waals surface area contributed by atoms with Crippen LogP contribution in [0.3, 0.4) is 0 Å². The average molecular weight is 292 g/mol. The number of rotatable bonds is 7. The van der Waals surface area contributed by atoms with Gasteiger partial charge in [-0.15, -0.1) is 12.4 Å². The fourth-order valence-corrected chi connectivity index (χ4v) is 2.05. The second kappa shape index (κ2) is 7.70. The van der Waals surface area contributed by atoms with Crippen molar-refractivity contribution in [1.29, 1.82) is 0 Å². The smallest absolute Gasteiger partial charge is 0.222 e. The van der Waals surface area contributed by atoms with Crippen LogP contribution < -0.4 is 11.1 Å².